The van der Waals surface area contributed by atoms with Gasteiger partial charge in [-0.1, -0.05) is 28.1 Å². The van der Waals surface area contributed by atoms with Crippen LogP contribution in [0.25, 0.3) is 0 Å². The number of benzene rings is 1. The zero-order valence-corrected chi connectivity index (χ0v) is 14.8. The molecule has 0 bridgehead atoms. The van der Waals surface area contributed by atoms with Gasteiger partial charge in [-0.3, -0.25) is 4.99 Å². The van der Waals surface area contributed by atoms with Crippen LogP contribution in [0.3, 0.4) is 0 Å². The lowest BCUT2D eigenvalue weighted by Crippen LogP contribution is -2.37. The van der Waals surface area contributed by atoms with Gasteiger partial charge < -0.3 is 10.2 Å². The number of rotatable bonds is 4. The summed E-state index contributed by atoms with van der Waals surface area (Å²) in [5.74, 6) is 0.879. The first-order valence-electron chi connectivity index (χ1n) is 6.66. The summed E-state index contributed by atoms with van der Waals surface area (Å²) in [6.45, 7) is 3.58. The van der Waals surface area contributed by atoms with Crippen molar-refractivity contribution in [1.29, 1.82) is 0 Å². The second-order valence-electron chi connectivity index (χ2n) is 4.73. The van der Waals surface area contributed by atoms with Crippen molar-refractivity contribution in [3.8, 4) is 0 Å². The van der Waals surface area contributed by atoms with Crippen LogP contribution in [0.4, 0.5) is 0 Å². The number of nitrogens with one attached hydrogen (secondary N) is 1. The highest BCUT2D eigenvalue weighted by atomic mass is 79.9. The summed E-state index contributed by atoms with van der Waals surface area (Å²) in [6.07, 6.45) is 1.91. The van der Waals surface area contributed by atoms with Gasteiger partial charge in [0.25, 0.3) is 0 Å². The van der Waals surface area contributed by atoms with Gasteiger partial charge >= 0.3 is 0 Å². The molecule has 0 amide bonds. The lowest BCUT2D eigenvalue weighted by atomic mass is 10.2. The Morgan fingerprint density at radius 3 is 2.67 bits per heavy atom. The molecule has 6 heteroatoms. The fourth-order valence-electron chi connectivity index (χ4n) is 1.98. The van der Waals surface area contributed by atoms with Gasteiger partial charge in [0.15, 0.2) is 5.96 Å². The van der Waals surface area contributed by atoms with Crippen molar-refractivity contribution in [3.05, 3.63) is 50.4 Å². The maximum Gasteiger partial charge on any atom is 0.193 e. The van der Waals surface area contributed by atoms with Crippen LogP contribution >= 0.6 is 27.3 Å². The third-order valence-electron chi connectivity index (χ3n) is 3.00. The third kappa shape index (κ3) is 4.82. The Balaban J connectivity index is 1.92. The van der Waals surface area contributed by atoms with Gasteiger partial charge in [-0.2, -0.15) is 0 Å². The summed E-state index contributed by atoms with van der Waals surface area (Å²) in [5, 5.41) is 4.46. The largest absolute Gasteiger partial charge is 0.351 e. The van der Waals surface area contributed by atoms with E-state index in [-0.39, 0.29) is 0 Å². The van der Waals surface area contributed by atoms with E-state index in [9.17, 15) is 0 Å². The highest BCUT2D eigenvalue weighted by Crippen LogP contribution is 2.13. The number of halogens is 1. The molecule has 0 atom stereocenters. The van der Waals surface area contributed by atoms with Crippen molar-refractivity contribution in [3.63, 3.8) is 0 Å². The van der Waals surface area contributed by atoms with Crippen molar-refractivity contribution >= 4 is 33.2 Å². The second kappa shape index (κ2) is 7.56. The minimum Gasteiger partial charge on any atom is -0.351 e. The zero-order valence-electron chi connectivity index (χ0n) is 12.4. The zero-order chi connectivity index (χ0) is 15.2. The maximum atomic E-state index is 4.33. The Labute approximate surface area is 138 Å². The average Bonchev–Trinajstić information content (AvgIpc) is 2.88. The first-order chi connectivity index (χ1) is 10.1. The minimum atomic E-state index is 0.753. The molecule has 0 unspecified atom stereocenters. The average molecular weight is 367 g/mol. The molecule has 21 heavy (non-hydrogen) atoms. The topological polar surface area (TPSA) is 40.5 Å². The van der Waals surface area contributed by atoms with E-state index in [1.807, 2.05) is 20.2 Å². The molecule has 4 nitrogen and oxygen atoms in total. The quantitative estimate of drug-likeness (QED) is 0.665. The minimum absolute atomic E-state index is 0.753. The molecular weight excluding hydrogens is 348 g/mol. The summed E-state index contributed by atoms with van der Waals surface area (Å²) in [5.41, 5.74) is 1.25. The van der Waals surface area contributed by atoms with Gasteiger partial charge in [-0.05, 0) is 24.6 Å². The molecule has 1 aromatic carbocycles. The van der Waals surface area contributed by atoms with Crippen LogP contribution in [0.5, 0.6) is 0 Å². The van der Waals surface area contributed by atoms with Crippen LogP contribution in [0.2, 0.25) is 0 Å². The van der Waals surface area contributed by atoms with Crippen molar-refractivity contribution in [2.45, 2.75) is 20.0 Å². The molecule has 0 fully saturated rings. The molecule has 0 aliphatic heterocycles. The Hall–Kier alpha value is -1.40. The molecule has 1 N–H and O–H groups in total. The molecule has 2 rings (SSSR count). The number of aryl methyl sites for hydroxylation is 1. The molecule has 0 spiro atoms. The van der Waals surface area contributed by atoms with E-state index in [1.54, 1.807) is 18.4 Å². The number of aromatic nitrogens is 1. The Morgan fingerprint density at radius 1 is 1.38 bits per heavy atom. The van der Waals surface area contributed by atoms with Gasteiger partial charge in [-0.15, -0.1) is 11.3 Å². The second-order valence-corrected chi connectivity index (χ2v) is 6.96. The van der Waals surface area contributed by atoms with E-state index in [2.05, 4.69) is 60.4 Å². The lowest BCUT2D eigenvalue weighted by Gasteiger charge is -2.22. The number of aliphatic imine (C=N–C) groups is 1. The molecule has 0 radical (unpaired) electrons. The Bertz CT molecular complexity index is 606. The smallest absolute Gasteiger partial charge is 0.193 e. The summed E-state index contributed by atoms with van der Waals surface area (Å²) in [4.78, 5) is 11.9. The summed E-state index contributed by atoms with van der Waals surface area (Å²) in [6, 6.07) is 8.33. The van der Waals surface area contributed by atoms with Gasteiger partial charge in [0.2, 0.25) is 0 Å². The molecule has 0 aliphatic carbocycles. The van der Waals surface area contributed by atoms with E-state index in [0.717, 1.165) is 28.5 Å². The predicted molar refractivity (Wildman–Crippen MR) is 92.7 cm³/mol. The SMILES string of the molecule is CN=C(NCc1cnc(C)s1)N(C)Cc1ccc(Br)cc1. The molecule has 1 heterocycles. The third-order valence-corrected chi connectivity index (χ3v) is 4.44. The number of thiazole rings is 1. The fourth-order valence-corrected chi connectivity index (χ4v) is 2.98. The number of guanidine groups is 1. The van der Waals surface area contributed by atoms with Crippen LogP contribution < -0.4 is 5.32 Å². The lowest BCUT2D eigenvalue weighted by molar-refractivity contribution is 0.477. The van der Waals surface area contributed by atoms with Crippen LogP contribution in [0, 0.1) is 6.92 Å². The highest BCUT2D eigenvalue weighted by molar-refractivity contribution is 9.10. The van der Waals surface area contributed by atoms with Crippen molar-refractivity contribution < 1.29 is 0 Å². The van der Waals surface area contributed by atoms with Crippen LogP contribution in [0.1, 0.15) is 15.4 Å². The van der Waals surface area contributed by atoms with Crippen molar-refractivity contribution in [2.75, 3.05) is 14.1 Å². The van der Waals surface area contributed by atoms with Gasteiger partial charge in [-0.25, -0.2) is 4.98 Å². The monoisotopic (exact) mass is 366 g/mol. The summed E-state index contributed by atoms with van der Waals surface area (Å²) in [7, 11) is 3.84. The van der Waals surface area contributed by atoms with Crippen molar-refractivity contribution in [1.82, 2.24) is 15.2 Å². The van der Waals surface area contributed by atoms with Crippen LogP contribution in [-0.4, -0.2) is 29.9 Å². The molecule has 112 valence electrons. The first-order valence-corrected chi connectivity index (χ1v) is 8.27. The summed E-state index contributed by atoms with van der Waals surface area (Å²) < 4.78 is 1.09. The van der Waals surface area contributed by atoms with E-state index in [0.29, 0.717) is 0 Å². The van der Waals surface area contributed by atoms with Crippen LogP contribution in [0.15, 0.2) is 39.9 Å². The number of nitrogens with zero attached hydrogens (tertiary/aromatic N) is 3. The van der Waals surface area contributed by atoms with E-state index in [4.69, 9.17) is 0 Å². The van der Waals surface area contributed by atoms with Crippen molar-refractivity contribution in [2.24, 2.45) is 4.99 Å². The first kappa shape index (κ1) is 16.0. The van der Waals surface area contributed by atoms with Gasteiger partial charge in [0, 0.05) is 36.2 Å². The normalized spacial score (nSPS) is 11.5. The molecule has 0 saturated carbocycles. The number of hydrogen-bond acceptors (Lipinski definition) is 3. The van der Waals surface area contributed by atoms with E-state index >= 15 is 0 Å². The van der Waals surface area contributed by atoms with E-state index in [1.165, 1.54) is 10.4 Å². The van der Waals surface area contributed by atoms with Gasteiger partial charge in [0.05, 0.1) is 11.6 Å². The Morgan fingerprint density at radius 2 is 2.10 bits per heavy atom. The standard InChI is InChI=1S/C15H19BrN4S/c1-11-18-8-14(21-11)9-19-15(17-2)20(3)10-12-4-6-13(16)7-5-12/h4-8H,9-10H2,1-3H3,(H,17,19). The molecule has 0 saturated heterocycles. The fraction of sp³-hybridized carbons (Fsp3) is 0.333. The highest BCUT2D eigenvalue weighted by Gasteiger charge is 2.07. The molecule has 1 aromatic heterocycles. The van der Waals surface area contributed by atoms with Gasteiger partial charge in [0.1, 0.15) is 0 Å². The maximum absolute atomic E-state index is 4.33. The molecule has 0 aliphatic rings. The summed E-state index contributed by atoms with van der Waals surface area (Å²) >= 11 is 5.16. The van der Waals surface area contributed by atoms with Crippen LogP contribution in [-0.2, 0) is 13.1 Å². The predicted octanol–water partition coefficient (Wildman–Crippen LogP) is 3.42. The number of hydrogen-bond donors (Lipinski definition) is 1. The molecule has 2 aromatic rings. The Kier molecular flexibility index (Phi) is 5.76. The van der Waals surface area contributed by atoms with E-state index < -0.39 is 0 Å². The molecular formula is C15H19BrN4S.